The van der Waals surface area contributed by atoms with Crippen LogP contribution in [0.15, 0.2) is 42.5 Å². The SMILES string of the molecule is CCc1ccccc1NC(CC)c1ccc(Cl)c(Cl)c1. The monoisotopic (exact) mass is 307 g/mol. The molecule has 0 aliphatic carbocycles. The molecule has 1 nitrogen and oxygen atoms in total. The zero-order valence-electron chi connectivity index (χ0n) is 11.8. The minimum atomic E-state index is 0.234. The van der Waals surface area contributed by atoms with Crippen LogP contribution in [0.4, 0.5) is 5.69 Å². The molecule has 0 heterocycles. The van der Waals surface area contributed by atoms with Gasteiger partial charge in [0.15, 0.2) is 0 Å². The highest BCUT2D eigenvalue weighted by molar-refractivity contribution is 6.42. The van der Waals surface area contributed by atoms with E-state index in [0.717, 1.165) is 18.4 Å². The van der Waals surface area contributed by atoms with E-state index >= 15 is 0 Å². The van der Waals surface area contributed by atoms with Gasteiger partial charge in [0.1, 0.15) is 0 Å². The number of anilines is 1. The van der Waals surface area contributed by atoms with Crippen LogP contribution in [0.2, 0.25) is 10.0 Å². The van der Waals surface area contributed by atoms with E-state index in [1.807, 2.05) is 18.2 Å². The van der Waals surface area contributed by atoms with Crippen molar-refractivity contribution in [1.29, 1.82) is 0 Å². The maximum atomic E-state index is 6.12. The van der Waals surface area contributed by atoms with Crippen molar-refractivity contribution in [3.63, 3.8) is 0 Å². The molecule has 2 rings (SSSR count). The molecule has 20 heavy (non-hydrogen) atoms. The van der Waals surface area contributed by atoms with E-state index in [2.05, 4.69) is 43.4 Å². The number of hydrogen-bond acceptors (Lipinski definition) is 1. The Labute approximate surface area is 130 Å². The zero-order chi connectivity index (χ0) is 14.5. The molecule has 106 valence electrons. The molecule has 1 N–H and O–H groups in total. The van der Waals surface area contributed by atoms with Crippen LogP contribution in [0.3, 0.4) is 0 Å². The first-order valence-electron chi connectivity index (χ1n) is 6.95. The van der Waals surface area contributed by atoms with Crippen LogP contribution in [0.1, 0.15) is 37.4 Å². The van der Waals surface area contributed by atoms with Crippen LogP contribution in [-0.4, -0.2) is 0 Å². The Kier molecular flexibility index (Phi) is 5.33. The number of benzene rings is 2. The van der Waals surface area contributed by atoms with E-state index in [1.165, 1.54) is 11.3 Å². The summed E-state index contributed by atoms with van der Waals surface area (Å²) in [6, 6.07) is 14.5. The number of halogens is 2. The number of para-hydroxylation sites is 1. The van der Waals surface area contributed by atoms with Gasteiger partial charge in [-0.15, -0.1) is 0 Å². The van der Waals surface area contributed by atoms with Crippen molar-refractivity contribution in [2.24, 2.45) is 0 Å². The van der Waals surface area contributed by atoms with E-state index in [4.69, 9.17) is 23.2 Å². The fourth-order valence-corrected chi connectivity index (χ4v) is 2.61. The van der Waals surface area contributed by atoms with Crippen LogP contribution < -0.4 is 5.32 Å². The molecule has 3 heteroatoms. The average molecular weight is 308 g/mol. The molecule has 0 spiro atoms. The van der Waals surface area contributed by atoms with Crippen LogP contribution >= 0.6 is 23.2 Å². The Bertz CT molecular complexity index is 581. The third-order valence-electron chi connectivity index (χ3n) is 3.48. The first-order chi connectivity index (χ1) is 9.65. The minimum Gasteiger partial charge on any atom is -0.378 e. The largest absolute Gasteiger partial charge is 0.378 e. The van der Waals surface area contributed by atoms with E-state index < -0.39 is 0 Å². The van der Waals surface area contributed by atoms with E-state index in [9.17, 15) is 0 Å². The van der Waals surface area contributed by atoms with Crippen molar-refractivity contribution in [1.82, 2.24) is 0 Å². The summed E-state index contributed by atoms with van der Waals surface area (Å²) in [7, 11) is 0. The lowest BCUT2D eigenvalue weighted by molar-refractivity contribution is 0.747. The molecule has 0 radical (unpaired) electrons. The van der Waals surface area contributed by atoms with Gasteiger partial charge in [0.25, 0.3) is 0 Å². The molecule has 1 atom stereocenters. The molecule has 2 aromatic rings. The van der Waals surface area contributed by atoms with Gasteiger partial charge in [-0.05, 0) is 42.2 Å². The number of rotatable bonds is 5. The van der Waals surface area contributed by atoms with Gasteiger partial charge in [0, 0.05) is 5.69 Å². The summed E-state index contributed by atoms with van der Waals surface area (Å²) in [5, 5.41) is 4.81. The van der Waals surface area contributed by atoms with Gasteiger partial charge in [-0.25, -0.2) is 0 Å². The quantitative estimate of drug-likeness (QED) is 0.701. The molecular formula is C17H19Cl2N. The van der Waals surface area contributed by atoms with E-state index in [0.29, 0.717) is 10.0 Å². The fourth-order valence-electron chi connectivity index (χ4n) is 2.31. The summed E-state index contributed by atoms with van der Waals surface area (Å²) in [6.07, 6.45) is 2.00. The highest BCUT2D eigenvalue weighted by Gasteiger charge is 2.12. The lowest BCUT2D eigenvalue weighted by Crippen LogP contribution is -2.11. The highest BCUT2D eigenvalue weighted by Crippen LogP contribution is 2.30. The maximum absolute atomic E-state index is 6.12. The summed E-state index contributed by atoms with van der Waals surface area (Å²) >= 11 is 12.1. The number of nitrogens with one attached hydrogen (secondary N) is 1. The third-order valence-corrected chi connectivity index (χ3v) is 4.22. The minimum absolute atomic E-state index is 0.234. The lowest BCUT2D eigenvalue weighted by atomic mass is 10.0. The molecule has 0 amide bonds. The molecule has 1 unspecified atom stereocenters. The normalized spacial score (nSPS) is 12.2. The Morgan fingerprint density at radius 2 is 1.75 bits per heavy atom. The highest BCUT2D eigenvalue weighted by atomic mass is 35.5. The van der Waals surface area contributed by atoms with Crippen LogP contribution in [0, 0.1) is 0 Å². The fraction of sp³-hybridized carbons (Fsp3) is 0.294. The van der Waals surface area contributed by atoms with Crippen molar-refractivity contribution >= 4 is 28.9 Å². The van der Waals surface area contributed by atoms with Crippen LogP contribution in [-0.2, 0) is 6.42 Å². The molecule has 0 bridgehead atoms. The second-order valence-corrected chi connectivity index (χ2v) is 5.60. The Balaban J connectivity index is 2.26. The number of aryl methyl sites for hydroxylation is 1. The molecular weight excluding hydrogens is 289 g/mol. The van der Waals surface area contributed by atoms with Gasteiger partial charge >= 0.3 is 0 Å². The average Bonchev–Trinajstić information content (AvgIpc) is 2.48. The van der Waals surface area contributed by atoms with Crippen molar-refractivity contribution in [2.45, 2.75) is 32.7 Å². The third kappa shape index (κ3) is 3.47. The summed E-state index contributed by atoms with van der Waals surface area (Å²) < 4.78 is 0. The Morgan fingerprint density at radius 3 is 2.40 bits per heavy atom. The van der Waals surface area contributed by atoms with Crippen LogP contribution in [0.5, 0.6) is 0 Å². The van der Waals surface area contributed by atoms with E-state index in [1.54, 1.807) is 0 Å². The topological polar surface area (TPSA) is 12.0 Å². The lowest BCUT2D eigenvalue weighted by Gasteiger charge is -2.21. The van der Waals surface area contributed by atoms with Crippen molar-refractivity contribution in [2.75, 3.05) is 5.32 Å². The molecule has 0 saturated heterocycles. The predicted molar refractivity (Wildman–Crippen MR) is 88.9 cm³/mol. The Morgan fingerprint density at radius 1 is 1.00 bits per heavy atom. The second-order valence-electron chi connectivity index (χ2n) is 4.79. The standard InChI is InChI=1S/C17H19Cl2N/c1-3-12-7-5-6-8-17(12)20-16(4-2)13-9-10-14(18)15(19)11-13/h5-11,16,20H,3-4H2,1-2H3. The van der Waals surface area contributed by atoms with Gasteiger partial charge in [0.05, 0.1) is 16.1 Å². The molecule has 0 aliphatic rings. The molecule has 0 aromatic heterocycles. The van der Waals surface area contributed by atoms with Gasteiger partial charge in [0.2, 0.25) is 0 Å². The molecule has 0 fully saturated rings. The summed E-state index contributed by atoms with van der Waals surface area (Å²) in [4.78, 5) is 0. The zero-order valence-corrected chi connectivity index (χ0v) is 13.3. The molecule has 2 aromatic carbocycles. The van der Waals surface area contributed by atoms with Crippen molar-refractivity contribution < 1.29 is 0 Å². The van der Waals surface area contributed by atoms with Gasteiger partial charge < -0.3 is 5.32 Å². The summed E-state index contributed by atoms with van der Waals surface area (Å²) in [5.41, 5.74) is 3.67. The van der Waals surface area contributed by atoms with Gasteiger partial charge in [-0.3, -0.25) is 0 Å². The summed E-state index contributed by atoms with van der Waals surface area (Å²) in [6.45, 7) is 4.33. The second kappa shape index (κ2) is 7.01. The summed E-state index contributed by atoms with van der Waals surface area (Å²) in [5.74, 6) is 0. The van der Waals surface area contributed by atoms with Crippen LogP contribution in [0.25, 0.3) is 0 Å². The van der Waals surface area contributed by atoms with Crippen molar-refractivity contribution in [3.05, 3.63) is 63.6 Å². The van der Waals surface area contributed by atoms with E-state index in [-0.39, 0.29) is 6.04 Å². The molecule has 0 saturated carbocycles. The smallest absolute Gasteiger partial charge is 0.0595 e. The van der Waals surface area contributed by atoms with Gasteiger partial charge in [-0.1, -0.05) is 61.3 Å². The van der Waals surface area contributed by atoms with Crippen molar-refractivity contribution in [3.8, 4) is 0 Å². The Hall–Kier alpha value is -1.18. The number of hydrogen-bond donors (Lipinski definition) is 1. The predicted octanol–water partition coefficient (Wildman–Crippen LogP) is 6.12. The first kappa shape index (κ1) is 15.2. The van der Waals surface area contributed by atoms with Gasteiger partial charge in [-0.2, -0.15) is 0 Å². The maximum Gasteiger partial charge on any atom is 0.0595 e. The molecule has 0 aliphatic heterocycles. The first-order valence-corrected chi connectivity index (χ1v) is 7.70.